The van der Waals surface area contributed by atoms with Crippen LogP contribution in [0.1, 0.15) is 45.6 Å². The minimum Gasteiger partial charge on any atom is -0.434 e. The lowest BCUT2D eigenvalue weighted by atomic mass is 10.0. The number of ether oxygens (including phenoxy) is 2. The molecule has 0 fully saturated rings. The molecule has 1 aromatic heterocycles. The van der Waals surface area contributed by atoms with Crippen molar-refractivity contribution in [1.29, 1.82) is 0 Å². The van der Waals surface area contributed by atoms with E-state index < -0.39 is 11.8 Å². The van der Waals surface area contributed by atoms with E-state index in [4.69, 9.17) is 9.47 Å². The van der Waals surface area contributed by atoms with Crippen molar-refractivity contribution in [3.63, 3.8) is 0 Å². The maximum absolute atomic E-state index is 11.5. The average molecular weight is 270 g/mol. The lowest BCUT2D eigenvalue weighted by Crippen LogP contribution is -2.28. The molecule has 1 heterocycles. The van der Waals surface area contributed by atoms with Crippen LogP contribution in [0.15, 0.2) is 16.8 Å². The molecule has 1 rings (SSSR count). The van der Waals surface area contributed by atoms with Gasteiger partial charge in [-0.2, -0.15) is 11.3 Å². The van der Waals surface area contributed by atoms with Gasteiger partial charge in [0.25, 0.3) is 0 Å². The number of rotatable bonds is 7. The van der Waals surface area contributed by atoms with Crippen molar-refractivity contribution in [2.24, 2.45) is 0 Å². The molecule has 0 aliphatic heterocycles. The molecular formula is C14H22O3S. The zero-order valence-electron chi connectivity index (χ0n) is 11.4. The first-order valence-corrected chi connectivity index (χ1v) is 7.34. The Balaban J connectivity index is 2.20. The van der Waals surface area contributed by atoms with Crippen molar-refractivity contribution in [1.82, 2.24) is 0 Å². The van der Waals surface area contributed by atoms with E-state index in [1.807, 2.05) is 25.3 Å². The summed E-state index contributed by atoms with van der Waals surface area (Å²) < 4.78 is 10.4. The summed E-state index contributed by atoms with van der Waals surface area (Å²) in [7, 11) is 0. The molecule has 0 N–H and O–H groups in total. The summed E-state index contributed by atoms with van der Waals surface area (Å²) >= 11 is 1.65. The van der Waals surface area contributed by atoms with Gasteiger partial charge in [-0.1, -0.05) is 13.3 Å². The van der Waals surface area contributed by atoms with Gasteiger partial charge in [0, 0.05) is 6.42 Å². The van der Waals surface area contributed by atoms with Crippen LogP contribution in [0.4, 0.5) is 4.79 Å². The van der Waals surface area contributed by atoms with Gasteiger partial charge in [-0.3, -0.25) is 0 Å². The summed E-state index contributed by atoms with van der Waals surface area (Å²) in [5.74, 6) is 0. The molecule has 0 bridgehead atoms. The van der Waals surface area contributed by atoms with Gasteiger partial charge in [0.2, 0.25) is 0 Å². The van der Waals surface area contributed by atoms with Gasteiger partial charge in [-0.15, -0.1) is 0 Å². The highest BCUT2D eigenvalue weighted by molar-refractivity contribution is 7.07. The highest BCUT2D eigenvalue weighted by atomic mass is 32.1. The van der Waals surface area contributed by atoms with Crippen LogP contribution in [-0.2, 0) is 15.9 Å². The molecule has 0 aliphatic carbocycles. The Labute approximate surface area is 113 Å². The molecule has 0 atom stereocenters. The Hall–Kier alpha value is -1.03. The maximum Gasteiger partial charge on any atom is 0.508 e. The van der Waals surface area contributed by atoms with E-state index in [-0.39, 0.29) is 0 Å². The summed E-state index contributed by atoms with van der Waals surface area (Å²) in [6, 6.07) is 2.03. The topological polar surface area (TPSA) is 35.5 Å². The Bertz CT molecular complexity index is 344. The number of carbonyl (C=O) groups excluding carboxylic acids is 1. The number of carbonyl (C=O) groups is 1. The van der Waals surface area contributed by atoms with E-state index in [1.54, 1.807) is 11.3 Å². The average Bonchev–Trinajstić information content (AvgIpc) is 2.79. The van der Waals surface area contributed by atoms with Crippen LogP contribution < -0.4 is 0 Å². The zero-order valence-corrected chi connectivity index (χ0v) is 12.2. The van der Waals surface area contributed by atoms with Crippen LogP contribution in [0.3, 0.4) is 0 Å². The molecule has 3 nitrogen and oxygen atoms in total. The molecule has 0 aromatic carbocycles. The molecule has 0 unspecified atom stereocenters. The third kappa shape index (κ3) is 6.05. The molecule has 0 amide bonds. The highest BCUT2D eigenvalue weighted by Gasteiger charge is 2.22. The summed E-state index contributed by atoms with van der Waals surface area (Å²) in [4.78, 5) is 11.5. The van der Waals surface area contributed by atoms with Crippen LogP contribution in [-0.4, -0.2) is 18.4 Å². The minimum absolute atomic E-state index is 0.374. The summed E-state index contributed by atoms with van der Waals surface area (Å²) in [5, 5.41) is 4.07. The molecule has 102 valence electrons. The monoisotopic (exact) mass is 270 g/mol. The zero-order chi connectivity index (χ0) is 13.4. The van der Waals surface area contributed by atoms with Crippen molar-refractivity contribution in [3.8, 4) is 0 Å². The third-order valence-corrected chi connectivity index (χ3v) is 3.41. The van der Waals surface area contributed by atoms with Crippen molar-refractivity contribution < 1.29 is 14.3 Å². The van der Waals surface area contributed by atoms with Gasteiger partial charge < -0.3 is 9.47 Å². The second-order valence-electron chi connectivity index (χ2n) is 4.95. The number of hydrogen-bond acceptors (Lipinski definition) is 4. The number of thiophene rings is 1. The fourth-order valence-electron chi connectivity index (χ4n) is 1.60. The van der Waals surface area contributed by atoms with Crippen LogP contribution in [0.5, 0.6) is 0 Å². The van der Waals surface area contributed by atoms with Crippen molar-refractivity contribution >= 4 is 17.5 Å². The first-order chi connectivity index (χ1) is 8.53. The van der Waals surface area contributed by atoms with E-state index in [0.717, 1.165) is 25.7 Å². The Morgan fingerprint density at radius 2 is 2.22 bits per heavy atom. The van der Waals surface area contributed by atoms with Gasteiger partial charge in [0.15, 0.2) is 0 Å². The van der Waals surface area contributed by atoms with E-state index in [9.17, 15) is 4.79 Å². The van der Waals surface area contributed by atoms with Crippen molar-refractivity contribution in [2.45, 2.75) is 52.1 Å². The normalized spacial score (nSPS) is 11.3. The predicted octanol–water partition coefficient (Wildman–Crippen LogP) is 4.41. The Kier molecular flexibility index (Phi) is 6.19. The van der Waals surface area contributed by atoms with E-state index in [1.165, 1.54) is 5.56 Å². The lowest BCUT2D eigenvalue weighted by molar-refractivity contribution is -0.0208. The molecule has 0 radical (unpaired) electrons. The van der Waals surface area contributed by atoms with Crippen LogP contribution in [0.2, 0.25) is 0 Å². The van der Waals surface area contributed by atoms with Gasteiger partial charge in [0.1, 0.15) is 5.60 Å². The molecule has 0 spiro atoms. The van der Waals surface area contributed by atoms with Crippen molar-refractivity contribution in [3.05, 3.63) is 22.4 Å². The smallest absolute Gasteiger partial charge is 0.434 e. The summed E-state index contributed by atoms with van der Waals surface area (Å²) in [5.41, 5.74) is 0.758. The standard InChI is InChI=1S/C14H22O3S/c1-4-5-8-14(2,3)17-13(15)16-9-6-12-7-10-18-11-12/h7,10-11H,4-6,8-9H2,1-3H3. The fourth-order valence-corrected chi connectivity index (χ4v) is 2.30. The molecular weight excluding hydrogens is 248 g/mol. The highest BCUT2D eigenvalue weighted by Crippen LogP contribution is 2.18. The van der Waals surface area contributed by atoms with Crippen LogP contribution >= 0.6 is 11.3 Å². The SMILES string of the molecule is CCCCC(C)(C)OC(=O)OCCc1ccsc1. The van der Waals surface area contributed by atoms with Gasteiger partial charge in [-0.25, -0.2) is 4.79 Å². The molecule has 1 aromatic rings. The first kappa shape index (κ1) is 15.0. The second-order valence-corrected chi connectivity index (χ2v) is 5.73. The lowest BCUT2D eigenvalue weighted by Gasteiger charge is -2.24. The van der Waals surface area contributed by atoms with Crippen LogP contribution in [0.25, 0.3) is 0 Å². The number of unbranched alkanes of at least 4 members (excludes halogenated alkanes) is 1. The van der Waals surface area contributed by atoms with E-state index in [2.05, 4.69) is 12.3 Å². The first-order valence-electron chi connectivity index (χ1n) is 6.40. The molecule has 0 aliphatic rings. The minimum atomic E-state index is -0.564. The number of hydrogen-bond donors (Lipinski definition) is 0. The second kappa shape index (κ2) is 7.41. The van der Waals surface area contributed by atoms with Gasteiger partial charge in [0.05, 0.1) is 6.61 Å². The summed E-state index contributed by atoms with van der Waals surface area (Å²) in [6.07, 6.45) is 3.19. The van der Waals surface area contributed by atoms with Crippen LogP contribution in [0, 0.1) is 0 Å². The van der Waals surface area contributed by atoms with Gasteiger partial charge in [-0.05, 0) is 49.1 Å². The summed E-state index contributed by atoms with van der Waals surface area (Å²) in [6.45, 7) is 6.33. The third-order valence-electron chi connectivity index (χ3n) is 2.68. The quantitative estimate of drug-likeness (QED) is 0.688. The molecule has 0 saturated carbocycles. The fraction of sp³-hybridized carbons (Fsp3) is 0.643. The molecule has 0 saturated heterocycles. The molecule has 18 heavy (non-hydrogen) atoms. The Morgan fingerprint density at radius 3 is 2.83 bits per heavy atom. The predicted molar refractivity (Wildman–Crippen MR) is 74.1 cm³/mol. The van der Waals surface area contributed by atoms with Gasteiger partial charge >= 0.3 is 6.16 Å². The molecule has 4 heteroatoms. The van der Waals surface area contributed by atoms with E-state index in [0.29, 0.717) is 6.61 Å². The van der Waals surface area contributed by atoms with Crippen molar-refractivity contribution in [2.75, 3.05) is 6.61 Å². The largest absolute Gasteiger partial charge is 0.508 e. The maximum atomic E-state index is 11.5. The van der Waals surface area contributed by atoms with E-state index >= 15 is 0 Å². The Morgan fingerprint density at radius 1 is 1.44 bits per heavy atom.